The SMILES string of the molecule is Cc1ccc(C)c(S(=O)(=O)N(CCc2ccccc2)CC(=O)NCCSc2n[nH]c(-c3ccccc3)n2)c1. The van der Waals surface area contributed by atoms with Crippen LogP contribution in [0, 0.1) is 13.8 Å². The third-order valence-corrected chi connectivity index (χ3v) is 8.78. The van der Waals surface area contributed by atoms with Crippen molar-refractivity contribution in [2.75, 3.05) is 25.4 Å². The first kappa shape index (κ1) is 27.6. The highest BCUT2D eigenvalue weighted by Crippen LogP contribution is 2.22. The Hall–Kier alpha value is -3.47. The Bertz CT molecular complexity index is 1460. The van der Waals surface area contributed by atoms with Crippen molar-refractivity contribution in [3.63, 3.8) is 0 Å². The number of amides is 1. The van der Waals surface area contributed by atoms with Gasteiger partial charge in [-0.05, 0) is 43.0 Å². The second-order valence-electron chi connectivity index (χ2n) is 8.87. The average molecular weight is 550 g/mol. The third-order valence-electron chi connectivity index (χ3n) is 5.94. The molecule has 1 heterocycles. The van der Waals surface area contributed by atoms with Gasteiger partial charge in [-0.15, -0.1) is 5.10 Å². The molecule has 0 radical (unpaired) electrons. The fourth-order valence-electron chi connectivity index (χ4n) is 3.89. The van der Waals surface area contributed by atoms with E-state index in [1.165, 1.54) is 16.1 Å². The monoisotopic (exact) mass is 549 g/mol. The minimum absolute atomic E-state index is 0.196. The molecule has 1 aromatic heterocycles. The van der Waals surface area contributed by atoms with E-state index in [9.17, 15) is 13.2 Å². The molecule has 0 fully saturated rings. The minimum Gasteiger partial charge on any atom is -0.354 e. The number of aryl methyl sites for hydroxylation is 2. The number of sulfonamides is 1. The molecule has 0 aliphatic carbocycles. The lowest BCUT2D eigenvalue weighted by Crippen LogP contribution is -2.42. The van der Waals surface area contributed by atoms with Gasteiger partial charge in [-0.25, -0.2) is 13.4 Å². The highest BCUT2D eigenvalue weighted by molar-refractivity contribution is 7.99. The van der Waals surface area contributed by atoms with E-state index in [0.29, 0.717) is 35.3 Å². The van der Waals surface area contributed by atoms with Crippen LogP contribution in [0.2, 0.25) is 0 Å². The lowest BCUT2D eigenvalue weighted by Gasteiger charge is -2.23. The zero-order chi connectivity index (χ0) is 27.0. The van der Waals surface area contributed by atoms with Gasteiger partial charge in [0.2, 0.25) is 21.1 Å². The van der Waals surface area contributed by atoms with Crippen molar-refractivity contribution >= 4 is 27.7 Å². The van der Waals surface area contributed by atoms with Crippen molar-refractivity contribution in [3.05, 3.63) is 95.6 Å². The fourth-order valence-corrected chi connectivity index (χ4v) is 6.25. The molecule has 0 aliphatic heterocycles. The Labute approximate surface area is 227 Å². The summed E-state index contributed by atoms with van der Waals surface area (Å²) in [6.45, 7) is 3.92. The summed E-state index contributed by atoms with van der Waals surface area (Å²) >= 11 is 1.41. The number of carbonyl (C=O) groups excluding carboxylic acids is 1. The summed E-state index contributed by atoms with van der Waals surface area (Å²) in [6.07, 6.45) is 0.503. The maximum Gasteiger partial charge on any atom is 0.243 e. The molecule has 1 amide bonds. The van der Waals surface area contributed by atoms with E-state index < -0.39 is 10.0 Å². The molecule has 3 aromatic carbocycles. The van der Waals surface area contributed by atoms with Gasteiger partial charge in [0.05, 0.1) is 11.4 Å². The molecule has 0 aliphatic rings. The van der Waals surface area contributed by atoms with Crippen molar-refractivity contribution in [2.24, 2.45) is 0 Å². The van der Waals surface area contributed by atoms with Gasteiger partial charge in [-0.3, -0.25) is 9.89 Å². The molecule has 8 nitrogen and oxygen atoms in total. The first-order valence-electron chi connectivity index (χ1n) is 12.3. The van der Waals surface area contributed by atoms with Crippen molar-refractivity contribution in [3.8, 4) is 11.4 Å². The number of aromatic amines is 1. The lowest BCUT2D eigenvalue weighted by atomic mass is 10.1. The van der Waals surface area contributed by atoms with E-state index in [0.717, 1.165) is 16.7 Å². The molecular formula is C28H31N5O3S2. The number of H-pyrrole nitrogens is 1. The van der Waals surface area contributed by atoms with Crippen LogP contribution in [-0.4, -0.2) is 59.2 Å². The van der Waals surface area contributed by atoms with Crippen LogP contribution in [-0.2, 0) is 21.2 Å². The number of nitrogens with one attached hydrogen (secondary N) is 2. The normalized spacial score (nSPS) is 11.6. The number of carbonyl (C=O) groups is 1. The summed E-state index contributed by atoms with van der Waals surface area (Å²) in [5, 5.41) is 10.6. The molecule has 0 spiro atoms. The maximum absolute atomic E-state index is 13.6. The first-order valence-corrected chi connectivity index (χ1v) is 14.7. The van der Waals surface area contributed by atoms with Gasteiger partial charge in [0.15, 0.2) is 5.82 Å². The molecule has 4 rings (SSSR count). The number of nitrogens with zero attached hydrogens (tertiary/aromatic N) is 3. The number of thioether (sulfide) groups is 1. The van der Waals surface area contributed by atoms with Crippen LogP contribution in [0.5, 0.6) is 0 Å². The molecular weight excluding hydrogens is 518 g/mol. The largest absolute Gasteiger partial charge is 0.354 e. The van der Waals surface area contributed by atoms with Crippen LogP contribution >= 0.6 is 11.8 Å². The Morgan fingerprint density at radius 3 is 2.45 bits per heavy atom. The third kappa shape index (κ3) is 7.31. The van der Waals surface area contributed by atoms with Gasteiger partial charge in [0.25, 0.3) is 0 Å². The molecule has 198 valence electrons. The van der Waals surface area contributed by atoms with Gasteiger partial charge in [-0.2, -0.15) is 4.31 Å². The van der Waals surface area contributed by atoms with E-state index >= 15 is 0 Å². The number of hydrogen-bond acceptors (Lipinski definition) is 6. The van der Waals surface area contributed by atoms with Crippen molar-refractivity contribution in [2.45, 2.75) is 30.3 Å². The average Bonchev–Trinajstić information content (AvgIpc) is 3.40. The highest BCUT2D eigenvalue weighted by atomic mass is 32.2. The number of benzene rings is 3. The van der Waals surface area contributed by atoms with Crippen LogP contribution in [0.25, 0.3) is 11.4 Å². The summed E-state index contributed by atoms with van der Waals surface area (Å²) in [6, 6.07) is 24.7. The van der Waals surface area contributed by atoms with Crippen molar-refractivity contribution in [1.29, 1.82) is 0 Å². The van der Waals surface area contributed by atoms with E-state index in [1.54, 1.807) is 19.1 Å². The highest BCUT2D eigenvalue weighted by Gasteiger charge is 2.28. The predicted molar refractivity (Wildman–Crippen MR) is 150 cm³/mol. The molecule has 38 heavy (non-hydrogen) atoms. The standard InChI is InChI=1S/C28H31N5O3S2/c1-21-13-14-22(2)25(19-21)38(35,36)33(17-15-23-9-5-3-6-10-23)20-26(34)29-16-18-37-28-30-27(31-32-28)24-11-7-4-8-12-24/h3-14,19H,15-18,20H2,1-2H3,(H,29,34)(H,30,31,32). The van der Waals surface area contributed by atoms with Gasteiger partial charge in [0, 0.05) is 24.4 Å². The summed E-state index contributed by atoms with van der Waals surface area (Å²) in [5.41, 5.74) is 3.45. The van der Waals surface area contributed by atoms with Crippen LogP contribution in [0.4, 0.5) is 0 Å². The quantitative estimate of drug-likeness (QED) is 0.202. The summed E-state index contributed by atoms with van der Waals surface area (Å²) in [4.78, 5) is 17.5. The Balaban J connectivity index is 1.37. The molecule has 0 bridgehead atoms. The second-order valence-corrected chi connectivity index (χ2v) is 11.8. The van der Waals surface area contributed by atoms with Crippen molar-refractivity contribution in [1.82, 2.24) is 24.8 Å². The van der Waals surface area contributed by atoms with Crippen LogP contribution < -0.4 is 5.32 Å². The Morgan fingerprint density at radius 1 is 1.00 bits per heavy atom. The summed E-state index contributed by atoms with van der Waals surface area (Å²) in [7, 11) is -3.87. The second kappa shape index (κ2) is 12.9. The molecule has 0 saturated carbocycles. The summed E-state index contributed by atoms with van der Waals surface area (Å²) < 4.78 is 28.5. The zero-order valence-corrected chi connectivity index (χ0v) is 23.1. The fraction of sp³-hybridized carbons (Fsp3) is 0.250. The first-order chi connectivity index (χ1) is 18.3. The molecule has 0 saturated heterocycles. The number of hydrogen-bond donors (Lipinski definition) is 2. The topological polar surface area (TPSA) is 108 Å². The van der Waals surface area contributed by atoms with E-state index in [2.05, 4.69) is 20.5 Å². The van der Waals surface area contributed by atoms with Gasteiger partial charge < -0.3 is 5.32 Å². The molecule has 0 unspecified atom stereocenters. The Kier molecular flexibility index (Phi) is 9.33. The van der Waals surface area contributed by atoms with Gasteiger partial charge >= 0.3 is 0 Å². The predicted octanol–water partition coefficient (Wildman–Crippen LogP) is 4.23. The van der Waals surface area contributed by atoms with Crippen LogP contribution in [0.3, 0.4) is 0 Å². The Morgan fingerprint density at radius 2 is 1.71 bits per heavy atom. The number of aromatic nitrogens is 3. The summed E-state index contributed by atoms with van der Waals surface area (Å²) in [5.74, 6) is 0.876. The lowest BCUT2D eigenvalue weighted by molar-refractivity contribution is -0.121. The number of rotatable bonds is 12. The van der Waals surface area contributed by atoms with Crippen LogP contribution in [0.1, 0.15) is 16.7 Å². The molecule has 4 aromatic rings. The van der Waals surface area contributed by atoms with E-state index in [-0.39, 0.29) is 23.9 Å². The molecule has 2 N–H and O–H groups in total. The minimum atomic E-state index is -3.87. The van der Waals surface area contributed by atoms with Gasteiger partial charge in [-0.1, -0.05) is 84.6 Å². The van der Waals surface area contributed by atoms with Crippen molar-refractivity contribution < 1.29 is 13.2 Å². The maximum atomic E-state index is 13.6. The van der Waals surface area contributed by atoms with Crippen LogP contribution in [0.15, 0.2) is 88.9 Å². The zero-order valence-electron chi connectivity index (χ0n) is 21.4. The van der Waals surface area contributed by atoms with E-state index in [1.807, 2.05) is 73.7 Å². The van der Waals surface area contributed by atoms with Gasteiger partial charge in [0.1, 0.15) is 0 Å². The van der Waals surface area contributed by atoms with E-state index in [4.69, 9.17) is 0 Å². The molecule has 0 atom stereocenters. The smallest absolute Gasteiger partial charge is 0.243 e. The molecule has 10 heteroatoms.